The smallest absolute Gasteiger partial charge is 0.162 e. The minimum Gasteiger partial charge on any atom is -0.455 e. The van der Waals surface area contributed by atoms with Crippen LogP contribution in [0.3, 0.4) is 0 Å². The third-order valence-corrected chi connectivity index (χ3v) is 9.28. The van der Waals surface area contributed by atoms with Gasteiger partial charge >= 0.3 is 0 Å². The molecule has 6 aromatic rings. The van der Waals surface area contributed by atoms with Crippen molar-refractivity contribution in [2.45, 2.75) is 24.8 Å². The van der Waals surface area contributed by atoms with E-state index in [1.54, 1.807) is 0 Å². The summed E-state index contributed by atoms with van der Waals surface area (Å²) in [6.45, 7) is 0. The maximum Gasteiger partial charge on any atom is 0.162 e. The number of nitrogens with zero attached hydrogens (tertiary/aromatic N) is 2. The Hall–Kier alpha value is -5.65. The van der Waals surface area contributed by atoms with E-state index in [0.29, 0.717) is 0 Å². The molecule has 3 unspecified atom stereocenters. The topological polar surface area (TPSA) is 52.8 Å². The molecule has 0 fully saturated rings. The van der Waals surface area contributed by atoms with Crippen molar-refractivity contribution in [3.63, 3.8) is 0 Å². The van der Waals surface area contributed by atoms with Crippen molar-refractivity contribution in [1.29, 1.82) is 0 Å². The maximum absolute atomic E-state index is 6.75. The van der Waals surface area contributed by atoms with E-state index in [2.05, 4.69) is 155 Å². The highest BCUT2D eigenvalue weighted by atomic mass is 16.3. The molecule has 3 atom stereocenters. The van der Waals surface area contributed by atoms with Gasteiger partial charge in [-0.15, -0.1) is 0 Å². The average Bonchev–Trinajstić information content (AvgIpc) is 3.47. The van der Waals surface area contributed by atoms with Crippen molar-refractivity contribution in [3.05, 3.63) is 180 Å². The van der Waals surface area contributed by atoms with Crippen molar-refractivity contribution < 1.29 is 4.42 Å². The van der Waals surface area contributed by atoms with E-state index >= 15 is 0 Å². The van der Waals surface area contributed by atoms with Crippen LogP contribution in [0.2, 0.25) is 0 Å². The standard InChI is InChI=1S/C41H32N4O/c1-4-14-27(15-5-1)30-24-25-35-33(26-30)37-32-21-11-13-23-36(32)46-38(37)31-20-10-12-22-34(31)45(35)41-43-39(28-16-6-2-7-17-28)42-40(44-41)29-18-8-3-9-19-29/h1-25,30,39,41,43H,26H2,(H,42,44). The van der Waals surface area contributed by atoms with Crippen LogP contribution < -0.4 is 15.5 Å². The Labute approximate surface area is 268 Å². The molecule has 0 spiro atoms. The Bertz CT molecular complexity index is 2150. The number of allylic oxidation sites excluding steroid dienone is 3. The summed E-state index contributed by atoms with van der Waals surface area (Å²) in [6, 6.07) is 48.7. The molecular formula is C41H32N4O. The SMILES string of the molecule is C1=CC(c2ccccc2)CC2=C1N(C1NC(c3ccccc3)=NC(c3ccccc3)N1)c1ccccc1-c1oc3ccccc3c12. The summed E-state index contributed by atoms with van der Waals surface area (Å²) in [5.74, 6) is 2.02. The number of aliphatic imine (C=N–C) groups is 1. The summed E-state index contributed by atoms with van der Waals surface area (Å²) in [7, 11) is 0. The molecule has 5 nitrogen and oxygen atoms in total. The molecule has 1 aromatic heterocycles. The molecule has 46 heavy (non-hydrogen) atoms. The van der Waals surface area contributed by atoms with Crippen molar-refractivity contribution >= 4 is 28.1 Å². The lowest BCUT2D eigenvalue weighted by molar-refractivity contribution is 0.397. The molecule has 0 bridgehead atoms. The Morgan fingerprint density at radius 2 is 1.37 bits per heavy atom. The van der Waals surface area contributed by atoms with Crippen molar-refractivity contribution in [2.24, 2.45) is 4.99 Å². The molecule has 2 N–H and O–H groups in total. The summed E-state index contributed by atoms with van der Waals surface area (Å²) in [6.07, 6.45) is 4.98. The van der Waals surface area contributed by atoms with Gasteiger partial charge in [0.15, 0.2) is 6.29 Å². The van der Waals surface area contributed by atoms with Crippen LogP contribution in [0.15, 0.2) is 167 Å². The third-order valence-electron chi connectivity index (χ3n) is 9.28. The number of nitrogens with one attached hydrogen (secondary N) is 2. The lowest BCUT2D eigenvalue weighted by Gasteiger charge is -2.42. The molecule has 5 aromatic carbocycles. The van der Waals surface area contributed by atoms with E-state index in [-0.39, 0.29) is 18.4 Å². The zero-order valence-corrected chi connectivity index (χ0v) is 25.2. The Morgan fingerprint density at radius 3 is 2.17 bits per heavy atom. The number of furan rings is 1. The number of amidine groups is 1. The number of anilines is 1. The number of benzene rings is 5. The van der Waals surface area contributed by atoms with Crippen LogP contribution in [0.1, 0.15) is 40.8 Å². The second-order valence-electron chi connectivity index (χ2n) is 12.0. The minimum atomic E-state index is -0.308. The zero-order valence-electron chi connectivity index (χ0n) is 25.2. The normalized spacial score (nSPS) is 20.3. The molecule has 0 saturated carbocycles. The maximum atomic E-state index is 6.75. The first-order chi connectivity index (χ1) is 22.8. The van der Waals surface area contributed by atoms with E-state index in [0.717, 1.165) is 57.1 Å². The monoisotopic (exact) mass is 596 g/mol. The fourth-order valence-corrected chi connectivity index (χ4v) is 7.13. The molecule has 0 amide bonds. The van der Waals surface area contributed by atoms with Gasteiger partial charge < -0.3 is 14.6 Å². The van der Waals surface area contributed by atoms with Crippen LogP contribution in [-0.4, -0.2) is 12.1 Å². The van der Waals surface area contributed by atoms with E-state index < -0.39 is 0 Å². The number of hydrogen-bond acceptors (Lipinski definition) is 5. The number of para-hydroxylation sites is 2. The van der Waals surface area contributed by atoms with Gasteiger partial charge in [-0.1, -0.05) is 127 Å². The highest BCUT2D eigenvalue weighted by Crippen LogP contribution is 2.51. The minimum absolute atomic E-state index is 0.246. The molecule has 3 heterocycles. The molecular weight excluding hydrogens is 564 g/mol. The second-order valence-corrected chi connectivity index (χ2v) is 12.0. The van der Waals surface area contributed by atoms with E-state index in [1.165, 1.54) is 16.7 Å². The molecule has 0 saturated heterocycles. The fraction of sp³-hybridized carbons (Fsp3) is 0.0976. The predicted molar refractivity (Wildman–Crippen MR) is 186 cm³/mol. The zero-order chi connectivity index (χ0) is 30.5. The Morgan fingerprint density at radius 1 is 0.696 bits per heavy atom. The van der Waals surface area contributed by atoms with Gasteiger partial charge in [0.1, 0.15) is 23.3 Å². The lowest BCUT2D eigenvalue weighted by Crippen LogP contribution is -2.60. The number of rotatable bonds is 4. The molecule has 1 aliphatic carbocycles. The lowest BCUT2D eigenvalue weighted by atomic mass is 9.83. The van der Waals surface area contributed by atoms with Crippen LogP contribution in [0.25, 0.3) is 27.9 Å². The largest absolute Gasteiger partial charge is 0.455 e. The molecule has 0 radical (unpaired) electrons. The average molecular weight is 597 g/mol. The van der Waals surface area contributed by atoms with Crippen LogP contribution in [0, 0.1) is 0 Å². The highest BCUT2D eigenvalue weighted by Gasteiger charge is 2.38. The number of fused-ring (bicyclic) bond motifs is 6. The van der Waals surface area contributed by atoms with Crippen molar-refractivity contribution in [2.75, 3.05) is 4.90 Å². The second kappa shape index (κ2) is 11.1. The van der Waals surface area contributed by atoms with Gasteiger partial charge in [-0.25, -0.2) is 4.99 Å². The van der Waals surface area contributed by atoms with Gasteiger partial charge in [-0.3, -0.25) is 5.32 Å². The highest BCUT2D eigenvalue weighted by molar-refractivity contribution is 6.04. The van der Waals surface area contributed by atoms with Crippen molar-refractivity contribution in [1.82, 2.24) is 10.6 Å². The molecule has 3 aliphatic rings. The van der Waals surface area contributed by atoms with Gasteiger partial charge in [-0.2, -0.15) is 0 Å². The van der Waals surface area contributed by atoms with Gasteiger partial charge in [0, 0.05) is 33.7 Å². The van der Waals surface area contributed by atoms with Gasteiger partial charge in [0.25, 0.3) is 0 Å². The summed E-state index contributed by atoms with van der Waals surface area (Å²) in [4.78, 5) is 7.61. The van der Waals surface area contributed by atoms with E-state index in [4.69, 9.17) is 9.41 Å². The molecule has 5 heteroatoms. The first-order valence-electron chi connectivity index (χ1n) is 15.9. The first-order valence-corrected chi connectivity index (χ1v) is 15.9. The summed E-state index contributed by atoms with van der Waals surface area (Å²) >= 11 is 0. The van der Waals surface area contributed by atoms with Crippen LogP contribution in [0.4, 0.5) is 5.69 Å². The Kier molecular flexibility index (Phi) is 6.42. The molecule has 222 valence electrons. The summed E-state index contributed by atoms with van der Waals surface area (Å²) in [5, 5.41) is 8.82. The Balaban J connectivity index is 1.26. The summed E-state index contributed by atoms with van der Waals surface area (Å²) < 4.78 is 6.75. The predicted octanol–water partition coefficient (Wildman–Crippen LogP) is 9.00. The fourth-order valence-electron chi connectivity index (χ4n) is 7.13. The number of hydrogen-bond donors (Lipinski definition) is 2. The van der Waals surface area contributed by atoms with Crippen LogP contribution in [0.5, 0.6) is 0 Å². The first kappa shape index (κ1) is 26.7. The van der Waals surface area contributed by atoms with Gasteiger partial charge in [-0.05, 0) is 47.4 Å². The molecule has 2 aliphatic heterocycles. The van der Waals surface area contributed by atoms with Crippen LogP contribution >= 0.6 is 0 Å². The summed E-state index contributed by atoms with van der Waals surface area (Å²) in [5.41, 5.74) is 10.1. The van der Waals surface area contributed by atoms with Gasteiger partial charge in [0.05, 0.1) is 5.69 Å². The quantitative estimate of drug-likeness (QED) is 0.213. The molecule has 9 rings (SSSR count). The van der Waals surface area contributed by atoms with Crippen LogP contribution in [-0.2, 0) is 0 Å². The third kappa shape index (κ3) is 4.47. The van der Waals surface area contributed by atoms with E-state index in [1.807, 2.05) is 12.1 Å². The van der Waals surface area contributed by atoms with Gasteiger partial charge in [0.2, 0.25) is 0 Å². The van der Waals surface area contributed by atoms with E-state index in [9.17, 15) is 0 Å². The van der Waals surface area contributed by atoms with Crippen molar-refractivity contribution in [3.8, 4) is 11.3 Å².